The summed E-state index contributed by atoms with van der Waals surface area (Å²) >= 11 is 0. The number of hydrogen-bond donors (Lipinski definition) is 0. The smallest absolute Gasteiger partial charge is 0.237 e. The standard InChI is InChI=1S/C21H26N2O3S/c24-21(15-8-7-12-19-10-3-1-4-11-19)22-16-9-17-23(22)27(25,26)18-20-13-5-2-6-14-20/h1-6,10-11,13-14H,7-9,12,15-18H2. The van der Waals surface area contributed by atoms with Crippen molar-refractivity contribution in [1.82, 2.24) is 9.42 Å². The van der Waals surface area contributed by atoms with Crippen LogP contribution in [0.1, 0.15) is 36.8 Å². The Morgan fingerprint density at radius 3 is 2.15 bits per heavy atom. The summed E-state index contributed by atoms with van der Waals surface area (Å²) in [4.78, 5) is 12.6. The summed E-state index contributed by atoms with van der Waals surface area (Å²) in [6.45, 7) is 0.858. The maximum Gasteiger partial charge on any atom is 0.237 e. The van der Waals surface area contributed by atoms with Gasteiger partial charge in [-0.05, 0) is 36.8 Å². The van der Waals surface area contributed by atoms with Gasteiger partial charge in [-0.25, -0.2) is 8.42 Å². The molecule has 1 aliphatic heterocycles. The van der Waals surface area contributed by atoms with Crippen LogP contribution >= 0.6 is 0 Å². The number of hydrazine groups is 1. The first kappa shape index (κ1) is 19.6. The van der Waals surface area contributed by atoms with E-state index in [0.29, 0.717) is 25.9 Å². The molecule has 1 saturated heterocycles. The van der Waals surface area contributed by atoms with Crippen LogP contribution in [0.15, 0.2) is 60.7 Å². The number of carbonyl (C=O) groups excluding carboxylic acids is 1. The molecule has 27 heavy (non-hydrogen) atoms. The summed E-state index contributed by atoms with van der Waals surface area (Å²) in [6, 6.07) is 19.3. The Balaban J connectivity index is 1.53. The van der Waals surface area contributed by atoms with Gasteiger partial charge in [-0.1, -0.05) is 60.7 Å². The number of sulfonamides is 1. The van der Waals surface area contributed by atoms with Gasteiger partial charge in [0.15, 0.2) is 0 Å². The molecule has 1 amide bonds. The van der Waals surface area contributed by atoms with Crippen molar-refractivity contribution in [2.45, 2.75) is 37.9 Å². The number of amides is 1. The minimum Gasteiger partial charge on any atom is -0.273 e. The van der Waals surface area contributed by atoms with Gasteiger partial charge < -0.3 is 0 Å². The highest BCUT2D eigenvalue weighted by Gasteiger charge is 2.35. The molecule has 1 fully saturated rings. The van der Waals surface area contributed by atoms with E-state index in [0.717, 1.165) is 24.8 Å². The molecule has 0 unspecified atom stereocenters. The monoisotopic (exact) mass is 386 g/mol. The molecule has 5 nitrogen and oxygen atoms in total. The predicted molar refractivity (Wildman–Crippen MR) is 106 cm³/mol. The molecule has 0 aliphatic carbocycles. The second-order valence-electron chi connectivity index (χ2n) is 6.85. The molecule has 6 heteroatoms. The Bertz CT molecular complexity index is 838. The normalized spacial score (nSPS) is 15.2. The van der Waals surface area contributed by atoms with Crippen LogP contribution in [-0.4, -0.2) is 36.8 Å². The fourth-order valence-electron chi connectivity index (χ4n) is 3.36. The zero-order valence-electron chi connectivity index (χ0n) is 15.5. The fourth-order valence-corrected chi connectivity index (χ4v) is 5.01. The molecule has 0 spiro atoms. The van der Waals surface area contributed by atoms with E-state index >= 15 is 0 Å². The summed E-state index contributed by atoms with van der Waals surface area (Å²) in [5.74, 6) is -0.178. The van der Waals surface area contributed by atoms with Crippen LogP contribution in [0.3, 0.4) is 0 Å². The minimum atomic E-state index is -3.54. The molecule has 2 aromatic rings. The summed E-state index contributed by atoms with van der Waals surface area (Å²) in [5.41, 5.74) is 2.00. The summed E-state index contributed by atoms with van der Waals surface area (Å²) < 4.78 is 26.8. The molecule has 0 bridgehead atoms. The number of aryl methyl sites for hydroxylation is 1. The lowest BCUT2D eigenvalue weighted by molar-refractivity contribution is -0.138. The second-order valence-corrected chi connectivity index (χ2v) is 8.72. The molecular formula is C21H26N2O3S. The van der Waals surface area contributed by atoms with Crippen molar-refractivity contribution in [1.29, 1.82) is 0 Å². The minimum absolute atomic E-state index is 0.0778. The summed E-state index contributed by atoms with van der Waals surface area (Å²) in [7, 11) is -3.54. The first-order chi connectivity index (χ1) is 13.1. The zero-order chi connectivity index (χ0) is 19.1. The van der Waals surface area contributed by atoms with Gasteiger partial charge >= 0.3 is 0 Å². The van der Waals surface area contributed by atoms with E-state index in [1.807, 2.05) is 36.4 Å². The summed E-state index contributed by atoms with van der Waals surface area (Å²) in [5, 5.41) is 1.43. The maximum absolute atomic E-state index is 12.8. The first-order valence-electron chi connectivity index (χ1n) is 9.45. The van der Waals surface area contributed by atoms with Crippen LogP contribution < -0.4 is 0 Å². The van der Waals surface area contributed by atoms with Crippen LogP contribution in [-0.2, 0) is 27.0 Å². The number of rotatable bonds is 8. The Kier molecular flexibility index (Phi) is 6.63. The Morgan fingerprint density at radius 1 is 0.852 bits per heavy atom. The molecule has 144 valence electrons. The van der Waals surface area contributed by atoms with Gasteiger partial charge in [-0.3, -0.25) is 9.80 Å². The lowest BCUT2D eigenvalue weighted by Crippen LogP contribution is -2.45. The van der Waals surface area contributed by atoms with Crippen LogP contribution in [0.25, 0.3) is 0 Å². The van der Waals surface area contributed by atoms with E-state index in [1.54, 1.807) is 12.1 Å². The average molecular weight is 387 g/mol. The molecule has 0 atom stereocenters. The quantitative estimate of drug-likeness (QED) is 0.654. The molecule has 1 aliphatic rings. The predicted octanol–water partition coefficient (Wildman–Crippen LogP) is 3.38. The van der Waals surface area contributed by atoms with Gasteiger partial charge in [-0.15, -0.1) is 4.41 Å². The van der Waals surface area contributed by atoms with E-state index in [-0.39, 0.29) is 11.7 Å². The van der Waals surface area contributed by atoms with Crippen molar-refractivity contribution < 1.29 is 13.2 Å². The summed E-state index contributed by atoms with van der Waals surface area (Å²) in [6.07, 6.45) is 3.68. The van der Waals surface area contributed by atoms with E-state index in [2.05, 4.69) is 12.1 Å². The number of hydrogen-bond acceptors (Lipinski definition) is 3. The first-order valence-corrected chi connectivity index (χ1v) is 11.1. The molecule has 1 heterocycles. The van der Waals surface area contributed by atoms with Gasteiger partial charge in [0.1, 0.15) is 0 Å². The van der Waals surface area contributed by atoms with E-state index in [1.165, 1.54) is 15.0 Å². The Morgan fingerprint density at radius 2 is 1.48 bits per heavy atom. The molecule has 0 radical (unpaired) electrons. The molecule has 0 saturated carbocycles. The fraction of sp³-hybridized carbons (Fsp3) is 0.381. The molecular weight excluding hydrogens is 360 g/mol. The van der Waals surface area contributed by atoms with Crippen molar-refractivity contribution in [2.24, 2.45) is 0 Å². The lowest BCUT2D eigenvalue weighted by Gasteiger charge is -2.27. The van der Waals surface area contributed by atoms with Gasteiger partial charge in [-0.2, -0.15) is 0 Å². The largest absolute Gasteiger partial charge is 0.273 e. The Hall–Kier alpha value is -2.18. The highest BCUT2D eigenvalue weighted by molar-refractivity contribution is 7.88. The van der Waals surface area contributed by atoms with Crippen molar-refractivity contribution in [2.75, 3.05) is 13.1 Å². The zero-order valence-corrected chi connectivity index (χ0v) is 16.3. The number of carbonyl (C=O) groups is 1. The van der Waals surface area contributed by atoms with Gasteiger partial charge in [0.2, 0.25) is 15.9 Å². The molecule has 0 N–H and O–H groups in total. The van der Waals surface area contributed by atoms with Crippen LogP contribution in [0.5, 0.6) is 0 Å². The lowest BCUT2D eigenvalue weighted by atomic mass is 10.1. The third-order valence-electron chi connectivity index (χ3n) is 4.74. The topological polar surface area (TPSA) is 57.7 Å². The molecule has 3 rings (SSSR count). The van der Waals surface area contributed by atoms with Gasteiger partial charge in [0.25, 0.3) is 0 Å². The van der Waals surface area contributed by atoms with Gasteiger partial charge in [0.05, 0.1) is 5.75 Å². The van der Waals surface area contributed by atoms with E-state index < -0.39 is 10.0 Å². The van der Waals surface area contributed by atoms with E-state index in [9.17, 15) is 13.2 Å². The third kappa shape index (κ3) is 5.40. The third-order valence-corrected chi connectivity index (χ3v) is 6.46. The van der Waals surface area contributed by atoms with Gasteiger partial charge in [0, 0.05) is 19.5 Å². The SMILES string of the molecule is O=C(CCCCc1ccccc1)N1CCCN1S(=O)(=O)Cc1ccccc1. The Labute approximate surface area is 161 Å². The van der Waals surface area contributed by atoms with Crippen molar-refractivity contribution in [3.63, 3.8) is 0 Å². The van der Waals surface area contributed by atoms with E-state index in [4.69, 9.17) is 0 Å². The molecule has 0 aromatic heterocycles. The van der Waals surface area contributed by atoms with Crippen LogP contribution in [0, 0.1) is 0 Å². The van der Waals surface area contributed by atoms with Crippen molar-refractivity contribution in [3.8, 4) is 0 Å². The number of nitrogens with zero attached hydrogens (tertiary/aromatic N) is 2. The number of unbranched alkanes of at least 4 members (excludes halogenated alkanes) is 1. The van der Waals surface area contributed by atoms with Crippen LogP contribution in [0.4, 0.5) is 0 Å². The average Bonchev–Trinajstić information content (AvgIpc) is 3.17. The second kappa shape index (κ2) is 9.15. The molecule has 2 aromatic carbocycles. The highest BCUT2D eigenvalue weighted by atomic mass is 32.2. The van der Waals surface area contributed by atoms with Crippen molar-refractivity contribution >= 4 is 15.9 Å². The van der Waals surface area contributed by atoms with Crippen molar-refractivity contribution in [3.05, 3.63) is 71.8 Å². The number of benzene rings is 2. The maximum atomic E-state index is 12.8. The highest BCUT2D eigenvalue weighted by Crippen LogP contribution is 2.21. The van der Waals surface area contributed by atoms with Crippen LogP contribution in [0.2, 0.25) is 0 Å².